The Balaban J connectivity index is 1.49. The van der Waals surface area contributed by atoms with Gasteiger partial charge < -0.3 is 15.7 Å². The van der Waals surface area contributed by atoms with Gasteiger partial charge in [-0.25, -0.2) is 4.79 Å². The van der Waals surface area contributed by atoms with Crippen molar-refractivity contribution in [1.82, 2.24) is 9.55 Å². The molecule has 2 aromatic rings. The first-order valence-corrected chi connectivity index (χ1v) is 13.3. The van der Waals surface area contributed by atoms with Crippen LogP contribution in [0.15, 0.2) is 39.9 Å². The fourth-order valence-corrected chi connectivity index (χ4v) is 7.53. The average Bonchev–Trinajstić information content (AvgIpc) is 2.77. The van der Waals surface area contributed by atoms with Crippen molar-refractivity contribution in [2.75, 3.05) is 17.2 Å². The van der Waals surface area contributed by atoms with E-state index >= 15 is 0 Å². The van der Waals surface area contributed by atoms with Gasteiger partial charge in [-0.1, -0.05) is 44.2 Å². The Morgan fingerprint density at radius 1 is 1.17 bits per heavy atom. The zero-order valence-corrected chi connectivity index (χ0v) is 21.3. The Labute approximate surface area is 211 Å². The van der Waals surface area contributed by atoms with E-state index in [1.54, 1.807) is 0 Å². The number of nitrogens with two attached hydrogens (primary N) is 1. The number of hydrogen-bond donors (Lipinski definition) is 3. The maximum Gasteiger partial charge on any atom is 0.330 e. The third-order valence-electron chi connectivity index (χ3n) is 8.58. The lowest BCUT2D eigenvalue weighted by molar-refractivity contribution is -0.168. The highest BCUT2D eigenvalue weighted by Crippen LogP contribution is 2.63. The number of amides is 1. The number of aromatic amines is 1. The number of aliphatic hydroxyl groups is 1. The van der Waals surface area contributed by atoms with Crippen LogP contribution in [0.2, 0.25) is 0 Å². The first-order chi connectivity index (χ1) is 17.1. The molecular weight excluding hydrogens is 456 g/mol. The van der Waals surface area contributed by atoms with Gasteiger partial charge in [0.15, 0.2) is 5.69 Å². The van der Waals surface area contributed by atoms with Gasteiger partial charge in [0.25, 0.3) is 5.56 Å². The molecule has 4 N–H and O–H groups in total. The molecule has 36 heavy (non-hydrogen) atoms. The van der Waals surface area contributed by atoms with Crippen molar-refractivity contribution in [1.29, 1.82) is 0 Å². The number of nitrogen functional groups attached to an aromatic ring is 1. The van der Waals surface area contributed by atoms with Gasteiger partial charge in [-0.2, -0.15) is 0 Å². The molecule has 8 nitrogen and oxygen atoms in total. The molecule has 0 unspecified atom stereocenters. The molecule has 0 aliphatic heterocycles. The molecule has 1 aromatic carbocycles. The quantitative estimate of drug-likeness (QED) is 0.520. The van der Waals surface area contributed by atoms with Gasteiger partial charge in [-0.3, -0.25) is 19.1 Å². The van der Waals surface area contributed by atoms with E-state index in [9.17, 15) is 19.5 Å². The minimum absolute atomic E-state index is 0.00819. The Morgan fingerprint density at radius 2 is 1.83 bits per heavy atom. The molecule has 4 aliphatic rings. The van der Waals surface area contributed by atoms with E-state index in [4.69, 9.17) is 5.73 Å². The fraction of sp³-hybridized carbons (Fsp3) is 0.607. The number of aromatic nitrogens is 2. The molecule has 194 valence electrons. The predicted molar refractivity (Wildman–Crippen MR) is 140 cm³/mol. The maximum absolute atomic E-state index is 14.0. The van der Waals surface area contributed by atoms with Crippen molar-refractivity contribution in [2.45, 2.75) is 77.4 Å². The third-order valence-corrected chi connectivity index (χ3v) is 8.58. The minimum Gasteiger partial charge on any atom is -0.390 e. The molecular formula is C28H38N4O4. The number of carbonyl (C=O) groups is 1. The van der Waals surface area contributed by atoms with Crippen LogP contribution in [0.4, 0.5) is 11.5 Å². The van der Waals surface area contributed by atoms with Gasteiger partial charge in [0.05, 0.1) is 12.1 Å². The number of nitrogens with zero attached hydrogens (tertiary/aromatic N) is 2. The second-order valence-corrected chi connectivity index (χ2v) is 12.2. The molecule has 4 fully saturated rings. The summed E-state index contributed by atoms with van der Waals surface area (Å²) in [5, 5.41) is 11.2. The smallest absolute Gasteiger partial charge is 0.330 e. The van der Waals surface area contributed by atoms with Crippen molar-refractivity contribution >= 4 is 17.4 Å². The van der Waals surface area contributed by atoms with E-state index in [0.717, 1.165) is 37.7 Å². The molecule has 0 spiro atoms. The molecule has 1 amide bonds. The van der Waals surface area contributed by atoms with Gasteiger partial charge in [0, 0.05) is 13.0 Å². The van der Waals surface area contributed by atoms with Crippen molar-refractivity contribution < 1.29 is 9.90 Å². The summed E-state index contributed by atoms with van der Waals surface area (Å²) in [5.74, 6) is 1.11. The largest absolute Gasteiger partial charge is 0.390 e. The van der Waals surface area contributed by atoms with Gasteiger partial charge >= 0.3 is 5.69 Å². The molecule has 4 aliphatic carbocycles. The number of carbonyl (C=O) groups excluding carboxylic acids is 1. The zero-order chi connectivity index (χ0) is 25.7. The minimum atomic E-state index is -0.660. The summed E-state index contributed by atoms with van der Waals surface area (Å²) < 4.78 is 1.33. The molecule has 8 heteroatoms. The first-order valence-electron chi connectivity index (χ1n) is 13.3. The topological polar surface area (TPSA) is 121 Å². The van der Waals surface area contributed by atoms with E-state index in [-0.39, 0.29) is 35.8 Å². The van der Waals surface area contributed by atoms with Crippen LogP contribution in [0.3, 0.4) is 0 Å². The summed E-state index contributed by atoms with van der Waals surface area (Å²) in [6.07, 6.45) is 6.37. The standard InChI is InChI=1S/C28H38N4O4/c1-18(2)8-9-31(22(33)15-27-11-20-10-21(12-27)14-28(36,13-20)17-27)23-24(29)32(26(35)30-25(23)34)16-19-6-4-3-5-7-19/h3-7,18,20-21,36H,8-17,29H2,1-2H3,(H,30,34,35)/t20-,21-,27?,28?/m1/s1. The summed E-state index contributed by atoms with van der Waals surface area (Å²) >= 11 is 0. The number of benzene rings is 1. The number of hydrogen-bond acceptors (Lipinski definition) is 5. The second-order valence-electron chi connectivity index (χ2n) is 12.2. The van der Waals surface area contributed by atoms with Gasteiger partial charge in [-0.15, -0.1) is 0 Å². The Bertz CT molecular complexity index is 1230. The van der Waals surface area contributed by atoms with Crippen molar-refractivity contribution in [3.8, 4) is 0 Å². The molecule has 0 saturated heterocycles. The highest BCUT2D eigenvalue weighted by atomic mass is 16.3. The van der Waals surface area contributed by atoms with Crippen LogP contribution >= 0.6 is 0 Å². The number of H-pyrrole nitrogens is 1. The highest BCUT2D eigenvalue weighted by Gasteiger charge is 2.57. The lowest BCUT2D eigenvalue weighted by Gasteiger charge is -2.60. The van der Waals surface area contributed by atoms with E-state index in [1.807, 2.05) is 30.3 Å². The van der Waals surface area contributed by atoms with Gasteiger partial charge in [0.1, 0.15) is 5.82 Å². The number of rotatable bonds is 8. The molecule has 6 rings (SSSR count). The predicted octanol–water partition coefficient (Wildman–Crippen LogP) is 3.27. The van der Waals surface area contributed by atoms with Crippen LogP contribution in [0.1, 0.15) is 70.8 Å². The second kappa shape index (κ2) is 9.21. The van der Waals surface area contributed by atoms with Crippen LogP contribution in [-0.4, -0.2) is 32.7 Å². The highest BCUT2D eigenvalue weighted by molar-refractivity contribution is 5.96. The molecule has 1 aromatic heterocycles. The van der Waals surface area contributed by atoms with Crippen molar-refractivity contribution in [3.63, 3.8) is 0 Å². The van der Waals surface area contributed by atoms with Crippen LogP contribution in [-0.2, 0) is 11.3 Å². The molecule has 2 atom stereocenters. The number of nitrogens with one attached hydrogen (secondary N) is 1. The molecule has 1 heterocycles. The van der Waals surface area contributed by atoms with E-state index in [2.05, 4.69) is 18.8 Å². The SMILES string of the molecule is CC(C)CCN(C(=O)CC12C[C@H]3C[C@@H](CC(O)(C3)C1)C2)c1c(N)n(Cc2ccccc2)c(=O)[nH]c1=O. The Hall–Kier alpha value is -2.87. The van der Waals surface area contributed by atoms with Gasteiger partial charge in [0.2, 0.25) is 5.91 Å². The number of anilines is 2. The Kier molecular flexibility index (Phi) is 6.35. The maximum atomic E-state index is 14.0. The fourth-order valence-electron chi connectivity index (χ4n) is 7.53. The summed E-state index contributed by atoms with van der Waals surface area (Å²) in [7, 11) is 0. The summed E-state index contributed by atoms with van der Waals surface area (Å²) in [6.45, 7) is 4.69. The monoisotopic (exact) mass is 494 g/mol. The lowest BCUT2D eigenvalue weighted by Crippen LogP contribution is -2.57. The Morgan fingerprint density at radius 3 is 2.44 bits per heavy atom. The van der Waals surface area contributed by atoms with Crippen molar-refractivity contribution in [3.05, 3.63) is 56.7 Å². The van der Waals surface area contributed by atoms with E-state index < -0.39 is 16.9 Å². The summed E-state index contributed by atoms with van der Waals surface area (Å²) in [4.78, 5) is 43.7. The lowest BCUT2D eigenvalue weighted by atomic mass is 9.47. The van der Waals surface area contributed by atoms with E-state index in [0.29, 0.717) is 37.1 Å². The van der Waals surface area contributed by atoms with Crippen LogP contribution in [0, 0.1) is 23.2 Å². The molecule has 4 saturated carbocycles. The van der Waals surface area contributed by atoms with Crippen LogP contribution < -0.4 is 21.9 Å². The normalized spacial score (nSPS) is 28.6. The van der Waals surface area contributed by atoms with Crippen LogP contribution in [0.5, 0.6) is 0 Å². The van der Waals surface area contributed by atoms with Gasteiger partial charge in [-0.05, 0) is 73.7 Å². The molecule has 4 bridgehead atoms. The zero-order valence-electron chi connectivity index (χ0n) is 21.3. The van der Waals surface area contributed by atoms with E-state index in [1.165, 1.54) is 9.47 Å². The van der Waals surface area contributed by atoms with Crippen LogP contribution in [0.25, 0.3) is 0 Å². The van der Waals surface area contributed by atoms with Crippen molar-refractivity contribution in [2.24, 2.45) is 23.2 Å². The first kappa shape index (κ1) is 24.8. The third kappa shape index (κ3) is 4.75. The summed E-state index contributed by atoms with van der Waals surface area (Å²) in [6, 6.07) is 9.41. The average molecular weight is 495 g/mol. The molecule has 0 radical (unpaired) electrons. The summed E-state index contributed by atoms with van der Waals surface area (Å²) in [5.41, 5.74) is 5.27.